The zero-order chi connectivity index (χ0) is 25.7. The summed E-state index contributed by atoms with van der Waals surface area (Å²) < 4.78 is 0. The number of carbonyl (C=O) groups excluding carboxylic acids is 2. The lowest BCUT2D eigenvalue weighted by molar-refractivity contribution is -0.115. The van der Waals surface area contributed by atoms with Gasteiger partial charge < -0.3 is 16.0 Å². The molecule has 2 aromatic rings. The molecule has 0 fully saturated rings. The van der Waals surface area contributed by atoms with Crippen LogP contribution in [0.5, 0.6) is 0 Å². The van der Waals surface area contributed by atoms with Crippen molar-refractivity contribution >= 4 is 23.2 Å². The molecule has 198 valence electrons. The number of hydrogen-bond donors (Lipinski definition) is 3. The first-order valence-corrected chi connectivity index (χ1v) is 14.2. The Kier molecular flexibility index (Phi) is 16.0. The maximum Gasteiger partial charge on any atom is 0.255 e. The fraction of sp³-hybridized carbons (Fsp3) is 0.548. The van der Waals surface area contributed by atoms with Gasteiger partial charge in [0.05, 0.1) is 6.54 Å². The van der Waals surface area contributed by atoms with Gasteiger partial charge in [-0.05, 0) is 43.3 Å². The zero-order valence-electron chi connectivity index (χ0n) is 22.3. The van der Waals surface area contributed by atoms with Crippen LogP contribution in [0.1, 0.15) is 107 Å². The van der Waals surface area contributed by atoms with Crippen molar-refractivity contribution in [2.45, 2.75) is 96.8 Å². The molecule has 0 radical (unpaired) electrons. The van der Waals surface area contributed by atoms with Gasteiger partial charge in [-0.1, -0.05) is 115 Å². The second-order valence-corrected chi connectivity index (χ2v) is 9.72. The van der Waals surface area contributed by atoms with Gasteiger partial charge in [-0.25, -0.2) is 0 Å². The normalized spacial score (nSPS) is 10.8. The third-order valence-corrected chi connectivity index (χ3v) is 6.43. The molecule has 36 heavy (non-hydrogen) atoms. The van der Waals surface area contributed by atoms with E-state index in [1.807, 2.05) is 36.4 Å². The van der Waals surface area contributed by atoms with Gasteiger partial charge in [0.1, 0.15) is 0 Å². The Morgan fingerprint density at radius 1 is 0.611 bits per heavy atom. The number of benzene rings is 2. The van der Waals surface area contributed by atoms with Crippen LogP contribution in [0.4, 0.5) is 11.4 Å². The summed E-state index contributed by atoms with van der Waals surface area (Å²) >= 11 is 0. The second-order valence-electron chi connectivity index (χ2n) is 9.72. The standard InChI is InChI=1S/C31H47N3O2/c1-2-3-4-5-6-7-8-9-10-11-12-13-14-18-24-32-26-30(35)33-28-22-19-23-29(25-28)34-31(36)27-20-16-15-17-21-27/h15-17,19-23,25,32H,2-14,18,24,26H2,1H3,(H,33,35)(H,34,36). The van der Waals surface area contributed by atoms with E-state index < -0.39 is 0 Å². The summed E-state index contributed by atoms with van der Waals surface area (Å²) in [6, 6.07) is 16.3. The Bertz CT molecular complexity index is 854. The van der Waals surface area contributed by atoms with Gasteiger partial charge in [-0.2, -0.15) is 0 Å². The molecule has 2 aromatic carbocycles. The average molecular weight is 494 g/mol. The zero-order valence-corrected chi connectivity index (χ0v) is 22.3. The van der Waals surface area contributed by atoms with Gasteiger partial charge in [0.15, 0.2) is 0 Å². The fourth-order valence-corrected chi connectivity index (χ4v) is 4.32. The van der Waals surface area contributed by atoms with E-state index in [0.717, 1.165) is 13.0 Å². The van der Waals surface area contributed by atoms with Crippen molar-refractivity contribution in [3.8, 4) is 0 Å². The van der Waals surface area contributed by atoms with Crippen LogP contribution in [0, 0.1) is 0 Å². The van der Waals surface area contributed by atoms with Crippen LogP contribution in [0.2, 0.25) is 0 Å². The largest absolute Gasteiger partial charge is 0.325 e. The molecule has 0 aliphatic heterocycles. The molecule has 2 rings (SSSR count). The van der Waals surface area contributed by atoms with E-state index in [4.69, 9.17) is 0 Å². The topological polar surface area (TPSA) is 70.2 Å². The molecule has 5 heteroatoms. The van der Waals surface area contributed by atoms with Crippen molar-refractivity contribution in [2.24, 2.45) is 0 Å². The summed E-state index contributed by atoms with van der Waals surface area (Å²) in [4.78, 5) is 24.6. The molecule has 0 spiro atoms. The quantitative estimate of drug-likeness (QED) is 0.164. The van der Waals surface area contributed by atoms with Gasteiger partial charge in [0.2, 0.25) is 5.91 Å². The Labute approximate surface area is 218 Å². The predicted octanol–water partition coefficient (Wildman–Crippen LogP) is 7.95. The number of rotatable bonds is 20. The number of hydrogen-bond acceptors (Lipinski definition) is 3. The van der Waals surface area contributed by atoms with E-state index in [9.17, 15) is 9.59 Å². The van der Waals surface area contributed by atoms with E-state index >= 15 is 0 Å². The van der Waals surface area contributed by atoms with Crippen LogP contribution in [0.25, 0.3) is 0 Å². The first-order valence-electron chi connectivity index (χ1n) is 14.2. The summed E-state index contributed by atoms with van der Waals surface area (Å²) in [7, 11) is 0. The average Bonchev–Trinajstić information content (AvgIpc) is 2.89. The third-order valence-electron chi connectivity index (χ3n) is 6.43. The van der Waals surface area contributed by atoms with Crippen molar-refractivity contribution in [1.82, 2.24) is 5.32 Å². The molecule has 0 atom stereocenters. The molecule has 2 amide bonds. The second kappa shape index (κ2) is 19.5. The fourth-order valence-electron chi connectivity index (χ4n) is 4.32. The van der Waals surface area contributed by atoms with E-state index in [1.165, 1.54) is 83.5 Å². The lowest BCUT2D eigenvalue weighted by Crippen LogP contribution is -2.28. The van der Waals surface area contributed by atoms with Gasteiger partial charge in [-0.15, -0.1) is 0 Å². The molecule has 3 N–H and O–H groups in total. The first kappa shape index (κ1) is 29.6. The van der Waals surface area contributed by atoms with Crippen molar-refractivity contribution in [3.63, 3.8) is 0 Å². The molecule has 0 saturated heterocycles. The smallest absolute Gasteiger partial charge is 0.255 e. The summed E-state index contributed by atoms with van der Waals surface area (Å²) in [6.45, 7) is 3.42. The minimum absolute atomic E-state index is 0.0769. The maximum atomic E-state index is 12.3. The lowest BCUT2D eigenvalue weighted by Gasteiger charge is -2.10. The number of carbonyl (C=O) groups is 2. The third kappa shape index (κ3) is 14.0. The monoisotopic (exact) mass is 493 g/mol. The van der Waals surface area contributed by atoms with Crippen molar-refractivity contribution in [2.75, 3.05) is 23.7 Å². The first-order chi connectivity index (χ1) is 17.7. The molecular formula is C31H47N3O2. The molecular weight excluding hydrogens is 446 g/mol. The van der Waals surface area contributed by atoms with Gasteiger partial charge in [0, 0.05) is 16.9 Å². The Morgan fingerprint density at radius 2 is 1.14 bits per heavy atom. The highest BCUT2D eigenvalue weighted by atomic mass is 16.2. The predicted molar refractivity (Wildman–Crippen MR) is 153 cm³/mol. The molecule has 0 unspecified atom stereocenters. The van der Waals surface area contributed by atoms with E-state index in [1.54, 1.807) is 18.2 Å². The van der Waals surface area contributed by atoms with E-state index in [0.29, 0.717) is 23.5 Å². The highest BCUT2D eigenvalue weighted by Gasteiger charge is 2.07. The van der Waals surface area contributed by atoms with Crippen molar-refractivity contribution in [3.05, 3.63) is 60.2 Å². The summed E-state index contributed by atoms with van der Waals surface area (Å²) in [5.74, 6) is -0.249. The lowest BCUT2D eigenvalue weighted by atomic mass is 10.0. The number of nitrogens with one attached hydrogen (secondary N) is 3. The summed E-state index contributed by atoms with van der Waals surface area (Å²) in [6.07, 6.45) is 18.9. The van der Waals surface area contributed by atoms with Gasteiger partial charge in [0.25, 0.3) is 5.91 Å². The van der Waals surface area contributed by atoms with E-state index in [-0.39, 0.29) is 11.8 Å². The van der Waals surface area contributed by atoms with Crippen LogP contribution in [0.15, 0.2) is 54.6 Å². The molecule has 0 aliphatic rings. The number of amides is 2. The van der Waals surface area contributed by atoms with Crippen LogP contribution in [-0.2, 0) is 4.79 Å². The van der Waals surface area contributed by atoms with Crippen LogP contribution in [0.3, 0.4) is 0 Å². The highest BCUT2D eigenvalue weighted by Crippen LogP contribution is 2.16. The minimum atomic E-state index is -0.172. The summed E-state index contributed by atoms with van der Waals surface area (Å²) in [5, 5.41) is 9.00. The molecule has 0 aliphatic carbocycles. The maximum absolute atomic E-state index is 12.3. The molecule has 0 saturated carbocycles. The van der Waals surface area contributed by atoms with Crippen molar-refractivity contribution in [1.29, 1.82) is 0 Å². The minimum Gasteiger partial charge on any atom is -0.325 e. The summed E-state index contributed by atoms with van der Waals surface area (Å²) in [5.41, 5.74) is 1.92. The van der Waals surface area contributed by atoms with Crippen LogP contribution in [-0.4, -0.2) is 24.9 Å². The molecule has 0 heterocycles. The molecule has 0 aromatic heterocycles. The molecule has 5 nitrogen and oxygen atoms in total. The Morgan fingerprint density at radius 3 is 1.72 bits per heavy atom. The van der Waals surface area contributed by atoms with Gasteiger partial charge >= 0.3 is 0 Å². The van der Waals surface area contributed by atoms with Gasteiger partial charge in [-0.3, -0.25) is 9.59 Å². The van der Waals surface area contributed by atoms with Crippen molar-refractivity contribution < 1.29 is 9.59 Å². The molecule has 0 bridgehead atoms. The SMILES string of the molecule is CCCCCCCCCCCCCCCCNCC(=O)Nc1cccc(NC(=O)c2ccccc2)c1. The van der Waals surface area contributed by atoms with Crippen LogP contribution >= 0.6 is 0 Å². The number of unbranched alkanes of at least 4 members (excludes halogenated alkanes) is 13. The Hall–Kier alpha value is -2.66. The highest BCUT2D eigenvalue weighted by molar-refractivity contribution is 6.04. The van der Waals surface area contributed by atoms with Crippen LogP contribution < -0.4 is 16.0 Å². The van der Waals surface area contributed by atoms with E-state index in [2.05, 4.69) is 22.9 Å². The Balaban J connectivity index is 1.45. The number of anilines is 2.